The number of anilines is 2. The summed E-state index contributed by atoms with van der Waals surface area (Å²) in [7, 11) is 0. The number of carbonyl (C=O) groups excluding carboxylic acids is 1. The number of H-pyrrole nitrogens is 1. The molecule has 11 nitrogen and oxygen atoms in total. The first-order valence-electron chi connectivity index (χ1n) is 17.9. The lowest BCUT2D eigenvalue weighted by Gasteiger charge is -2.54. The highest BCUT2D eigenvalue weighted by atomic mass is 19.4. The molecule has 0 radical (unpaired) electrons. The number of aliphatic hydroxyl groups is 1. The van der Waals surface area contributed by atoms with Crippen LogP contribution in [0.25, 0.3) is 32.9 Å². The first-order chi connectivity index (χ1) is 24.9. The number of ether oxygens (including phenoxy) is 1. The Morgan fingerprint density at radius 3 is 2.44 bits per heavy atom. The lowest BCUT2D eigenvalue weighted by molar-refractivity contribution is -0.153. The van der Waals surface area contributed by atoms with E-state index in [1.807, 2.05) is 24.0 Å². The molecule has 4 saturated heterocycles. The van der Waals surface area contributed by atoms with Crippen molar-refractivity contribution in [2.24, 2.45) is 5.41 Å². The summed E-state index contributed by atoms with van der Waals surface area (Å²) in [6, 6.07) is 6.15. The molecule has 5 aliphatic rings. The predicted molar refractivity (Wildman–Crippen MR) is 187 cm³/mol. The van der Waals surface area contributed by atoms with E-state index in [2.05, 4.69) is 32.6 Å². The topological polar surface area (TPSA) is 114 Å². The van der Waals surface area contributed by atoms with Crippen molar-refractivity contribution in [3.05, 3.63) is 47.9 Å². The number of nitrogens with one attached hydrogen (secondary N) is 1. The van der Waals surface area contributed by atoms with E-state index in [0.29, 0.717) is 80.6 Å². The maximum atomic E-state index is 14.0. The van der Waals surface area contributed by atoms with E-state index in [-0.39, 0.29) is 29.2 Å². The van der Waals surface area contributed by atoms with Gasteiger partial charge < -0.3 is 24.5 Å². The van der Waals surface area contributed by atoms with Gasteiger partial charge in [0.05, 0.1) is 17.8 Å². The zero-order chi connectivity index (χ0) is 36.1. The number of alkyl halides is 3. The van der Waals surface area contributed by atoms with Gasteiger partial charge in [-0.05, 0) is 67.3 Å². The summed E-state index contributed by atoms with van der Waals surface area (Å²) in [5.74, 6) is -0.337. The number of aromatic amines is 1. The molecule has 1 spiro atoms. The monoisotopic (exact) mass is 720 g/mol. The summed E-state index contributed by atoms with van der Waals surface area (Å²) in [4.78, 5) is 30.3. The minimum Gasteiger partial charge on any atom is -0.481 e. The molecule has 1 aliphatic carbocycles. The molecule has 52 heavy (non-hydrogen) atoms. The normalized spacial score (nSPS) is 21.1. The van der Waals surface area contributed by atoms with Gasteiger partial charge in [0.1, 0.15) is 11.3 Å². The van der Waals surface area contributed by atoms with E-state index < -0.39 is 24.5 Å². The van der Waals surface area contributed by atoms with Crippen LogP contribution in [0, 0.1) is 12.3 Å². The number of carbonyl (C=O) groups is 1. The highest BCUT2D eigenvalue weighted by molar-refractivity contribution is 6.06. The molecular formula is C37H40F4N8O3. The SMILES string of the molecule is C=C(F)C(=O)N1CC2(CCN(c3nc(N4CC(N5CC(O)C5)C4)nc4c(OCC(F)(F)F)c(-c5c(C)ccc6[nH]ncc56)c(C5CC5)cc34)CC2)C1. The van der Waals surface area contributed by atoms with Crippen molar-refractivity contribution >= 4 is 39.5 Å². The fourth-order valence-corrected chi connectivity index (χ4v) is 8.56. The number of amides is 1. The molecule has 2 aromatic carbocycles. The molecule has 15 heteroatoms. The van der Waals surface area contributed by atoms with Gasteiger partial charge in [0.2, 0.25) is 5.95 Å². The number of hydrogen-bond donors (Lipinski definition) is 2. The molecular weight excluding hydrogens is 680 g/mol. The maximum absolute atomic E-state index is 14.0. The number of β-amino-alcohol motifs (C(OH)–C–C–N with tert-alkyl or cyclic N) is 1. The Labute approximate surface area is 297 Å². The Kier molecular flexibility index (Phi) is 7.71. The van der Waals surface area contributed by atoms with Crippen LogP contribution in [0.3, 0.4) is 0 Å². The Hall–Kier alpha value is -4.50. The van der Waals surface area contributed by atoms with E-state index >= 15 is 0 Å². The number of piperidine rings is 1. The van der Waals surface area contributed by atoms with Crippen molar-refractivity contribution in [2.75, 3.05) is 68.8 Å². The molecule has 0 unspecified atom stereocenters. The predicted octanol–water partition coefficient (Wildman–Crippen LogP) is 5.08. The van der Waals surface area contributed by atoms with Gasteiger partial charge in [0, 0.05) is 80.2 Å². The minimum atomic E-state index is -4.59. The summed E-state index contributed by atoms with van der Waals surface area (Å²) in [6.07, 6.45) is 0.0791. The van der Waals surface area contributed by atoms with Gasteiger partial charge in [-0.1, -0.05) is 12.6 Å². The Morgan fingerprint density at radius 2 is 1.79 bits per heavy atom. The summed E-state index contributed by atoms with van der Waals surface area (Å²) >= 11 is 0. The quantitative estimate of drug-likeness (QED) is 0.190. The van der Waals surface area contributed by atoms with Crippen LogP contribution >= 0.6 is 0 Å². The molecule has 1 saturated carbocycles. The van der Waals surface area contributed by atoms with Crippen molar-refractivity contribution in [3.8, 4) is 16.9 Å². The molecule has 0 bridgehead atoms. The minimum absolute atomic E-state index is 0.0921. The maximum Gasteiger partial charge on any atom is 0.422 e. The first kappa shape index (κ1) is 33.3. The average molecular weight is 721 g/mol. The molecule has 6 heterocycles. The van der Waals surface area contributed by atoms with Gasteiger partial charge in [-0.15, -0.1) is 0 Å². The van der Waals surface area contributed by atoms with Gasteiger partial charge in [-0.3, -0.25) is 14.8 Å². The molecule has 4 aromatic rings. The number of nitrogens with zero attached hydrogens (tertiary/aromatic N) is 7. The van der Waals surface area contributed by atoms with Crippen LogP contribution in [0.5, 0.6) is 5.75 Å². The highest BCUT2D eigenvalue weighted by Crippen LogP contribution is 2.53. The standard InChI is InChI=1S/C37H40F4N8O3/c1-20-3-6-28-27(12-42-45-28)29(20)30-25(22-4-5-22)11-26-31(32(30)52-19-37(39,40)41)43-35(48-13-23(14-48)47-15-24(50)16-47)44-33(26)46-9-7-36(8-10-46)17-49(18-36)34(51)21(2)38/h3,6,11-12,22-24,50H,2,4-5,7-10,13-19H2,1H3,(H,42,45). The lowest BCUT2D eigenvalue weighted by Crippen LogP contribution is -2.67. The average Bonchev–Trinajstić information content (AvgIpc) is 3.79. The van der Waals surface area contributed by atoms with Crippen molar-refractivity contribution in [3.63, 3.8) is 0 Å². The fourth-order valence-electron chi connectivity index (χ4n) is 8.56. The van der Waals surface area contributed by atoms with Crippen LogP contribution in [0.15, 0.2) is 36.8 Å². The molecule has 1 amide bonds. The third-order valence-corrected chi connectivity index (χ3v) is 11.7. The van der Waals surface area contributed by atoms with Crippen LogP contribution in [0.4, 0.5) is 29.3 Å². The third-order valence-electron chi connectivity index (χ3n) is 11.7. The summed E-state index contributed by atoms with van der Waals surface area (Å²) in [5.41, 5.74) is 4.14. The molecule has 9 rings (SSSR count). The zero-order valence-corrected chi connectivity index (χ0v) is 28.8. The van der Waals surface area contributed by atoms with Crippen molar-refractivity contribution in [1.82, 2.24) is 30.0 Å². The second-order valence-electron chi connectivity index (χ2n) is 15.4. The van der Waals surface area contributed by atoms with E-state index in [9.17, 15) is 27.5 Å². The van der Waals surface area contributed by atoms with Crippen LogP contribution in [-0.2, 0) is 4.79 Å². The van der Waals surface area contributed by atoms with E-state index in [0.717, 1.165) is 53.3 Å². The number of aliphatic hydroxyl groups excluding tert-OH is 1. The number of benzene rings is 2. The molecule has 2 N–H and O–H groups in total. The number of fused-ring (bicyclic) bond motifs is 2. The summed E-state index contributed by atoms with van der Waals surface area (Å²) < 4.78 is 61.6. The van der Waals surface area contributed by atoms with E-state index in [4.69, 9.17) is 14.7 Å². The zero-order valence-electron chi connectivity index (χ0n) is 28.8. The largest absolute Gasteiger partial charge is 0.481 e. The number of hydrogen-bond acceptors (Lipinski definition) is 9. The number of halogens is 4. The van der Waals surface area contributed by atoms with Gasteiger partial charge >= 0.3 is 6.18 Å². The number of rotatable bonds is 8. The Morgan fingerprint density at radius 1 is 1.06 bits per heavy atom. The van der Waals surface area contributed by atoms with Crippen LogP contribution < -0.4 is 14.5 Å². The molecule has 274 valence electrons. The highest BCUT2D eigenvalue weighted by Gasteiger charge is 2.48. The third kappa shape index (κ3) is 5.72. The van der Waals surface area contributed by atoms with Crippen LogP contribution in [0.2, 0.25) is 0 Å². The fraction of sp³-hybridized carbons (Fsp3) is 0.514. The number of aryl methyl sites for hydroxylation is 1. The van der Waals surface area contributed by atoms with E-state index in [1.54, 1.807) is 6.20 Å². The molecule has 4 aliphatic heterocycles. The molecule has 2 aromatic heterocycles. The van der Waals surface area contributed by atoms with Crippen molar-refractivity contribution in [1.29, 1.82) is 0 Å². The lowest BCUT2D eigenvalue weighted by atomic mass is 9.72. The summed E-state index contributed by atoms with van der Waals surface area (Å²) in [5, 5.41) is 18.6. The first-order valence-corrected chi connectivity index (χ1v) is 17.9. The smallest absolute Gasteiger partial charge is 0.422 e. The number of aromatic nitrogens is 4. The molecule has 0 atom stereocenters. The Bertz CT molecular complexity index is 2090. The van der Waals surface area contributed by atoms with Crippen LogP contribution in [-0.4, -0.2) is 118 Å². The Balaban J connectivity index is 1.17. The van der Waals surface area contributed by atoms with Crippen molar-refractivity contribution in [2.45, 2.75) is 56.8 Å². The molecule has 5 fully saturated rings. The van der Waals surface area contributed by atoms with Gasteiger partial charge in [0.25, 0.3) is 5.91 Å². The second kappa shape index (κ2) is 12.0. The summed E-state index contributed by atoms with van der Waals surface area (Å²) in [6.45, 7) is 8.23. The van der Waals surface area contributed by atoms with Crippen molar-refractivity contribution < 1.29 is 32.2 Å². The van der Waals surface area contributed by atoms with Gasteiger partial charge in [-0.25, -0.2) is 9.37 Å². The van der Waals surface area contributed by atoms with Gasteiger partial charge in [-0.2, -0.15) is 23.3 Å². The second-order valence-corrected chi connectivity index (χ2v) is 15.4. The number of likely N-dealkylation sites (tertiary alicyclic amines) is 2. The van der Waals surface area contributed by atoms with E-state index in [1.165, 1.54) is 4.90 Å². The van der Waals surface area contributed by atoms with Crippen LogP contribution in [0.1, 0.15) is 42.7 Å². The van der Waals surface area contributed by atoms with Gasteiger partial charge in [0.15, 0.2) is 18.2 Å².